The van der Waals surface area contributed by atoms with E-state index in [0.717, 1.165) is 6.07 Å². The van der Waals surface area contributed by atoms with Gasteiger partial charge in [0.15, 0.2) is 0 Å². The van der Waals surface area contributed by atoms with E-state index in [4.69, 9.17) is 5.14 Å². The first-order valence-electron chi connectivity index (χ1n) is 8.45. The number of aromatic amines is 1. The molecule has 0 spiro atoms. The molecule has 0 saturated carbocycles. The van der Waals surface area contributed by atoms with E-state index in [2.05, 4.69) is 4.98 Å². The van der Waals surface area contributed by atoms with Gasteiger partial charge in [0, 0.05) is 0 Å². The second-order valence-corrected chi connectivity index (χ2v) is 8.28. The molecule has 0 aliphatic heterocycles. The SMILES string of the molecule is CC(O)c1cccc(-c2cc3c(=O)n(CS(N)(=O)=O)c(=O)[nH]c3cc2C(F)(F)F)c1. The highest BCUT2D eigenvalue weighted by Gasteiger charge is 2.34. The Morgan fingerprint density at radius 2 is 1.87 bits per heavy atom. The summed E-state index contributed by atoms with van der Waals surface area (Å²) in [5.41, 5.74) is -3.78. The Labute approximate surface area is 167 Å². The van der Waals surface area contributed by atoms with E-state index in [1.165, 1.54) is 31.2 Å². The number of aromatic nitrogens is 2. The van der Waals surface area contributed by atoms with Crippen molar-refractivity contribution in [2.24, 2.45) is 5.14 Å². The lowest BCUT2D eigenvalue weighted by Crippen LogP contribution is -2.39. The number of hydrogen-bond donors (Lipinski definition) is 3. The van der Waals surface area contributed by atoms with E-state index in [1.54, 1.807) is 0 Å². The fourth-order valence-corrected chi connectivity index (χ4v) is 3.63. The van der Waals surface area contributed by atoms with Gasteiger partial charge in [0.2, 0.25) is 10.0 Å². The lowest BCUT2D eigenvalue weighted by molar-refractivity contribution is -0.137. The molecule has 4 N–H and O–H groups in total. The second kappa shape index (κ2) is 7.38. The third kappa shape index (κ3) is 4.30. The largest absolute Gasteiger partial charge is 0.417 e. The molecule has 0 fully saturated rings. The Morgan fingerprint density at radius 1 is 1.20 bits per heavy atom. The number of H-pyrrole nitrogens is 1. The lowest BCUT2D eigenvalue weighted by atomic mass is 9.95. The summed E-state index contributed by atoms with van der Waals surface area (Å²) in [5, 5.41) is 14.3. The molecule has 8 nitrogen and oxygen atoms in total. The number of halogens is 3. The fourth-order valence-electron chi connectivity index (χ4n) is 3.04. The van der Waals surface area contributed by atoms with Crippen LogP contribution in [-0.2, 0) is 22.1 Å². The van der Waals surface area contributed by atoms with Crippen LogP contribution in [0.4, 0.5) is 13.2 Å². The molecule has 3 rings (SSSR count). The van der Waals surface area contributed by atoms with Crippen LogP contribution < -0.4 is 16.4 Å². The summed E-state index contributed by atoms with van der Waals surface area (Å²) in [4.78, 5) is 26.8. The Bertz CT molecular complexity index is 1360. The van der Waals surface area contributed by atoms with E-state index in [1.807, 2.05) is 0 Å². The van der Waals surface area contributed by atoms with Gasteiger partial charge in [0.05, 0.1) is 22.6 Å². The van der Waals surface area contributed by atoms with Crippen molar-refractivity contribution in [2.45, 2.75) is 25.1 Å². The van der Waals surface area contributed by atoms with Gasteiger partial charge in [0.1, 0.15) is 5.88 Å². The molecule has 1 heterocycles. The number of hydrogen-bond acceptors (Lipinski definition) is 5. The van der Waals surface area contributed by atoms with Gasteiger partial charge in [-0.25, -0.2) is 22.9 Å². The van der Waals surface area contributed by atoms with Crippen LogP contribution in [0, 0.1) is 0 Å². The minimum atomic E-state index is -4.82. The van der Waals surface area contributed by atoms with E-state index >= 15 is 0 Å². The Kier molecular flexibility index (Phi) is 5.35. The van der Waals surface area contributed by atoms with Gasteiger partial charge in [-0.1, -0.05) is 18.2 Å². The zero-order chi connectivity index (χ0) is 22.4. The first-order valence-corrected chi connectivity index (χ1v) is 10.2. The molecule has 1 aromatic heterocycles. The van der Waals surface area contributed by atoms with Crippen molar-refractivity contribution >= 4 is 20.9 Å². The van der Waals surface area contributed by atoms with Crippen molar-refractivity contribution in [3.05, 3.63) is 68.4 Å². The average molecular weight is 443 g/mol. The maximum Gasteiger partial charge on any atom is 0.417 e. The maximum atomic E-state index is 13.7. The number of aliphatic hydroxyl groups is 1. The minimum absolute atomic E-state index is 0.0752. The number of sulfonamides is 1. The second-order valence-electron chi connectivity index (χ2n) is 6.70. The summed E-state index contributed by atoms with van der Waals surface area (Å²) >= 11 is 0. The fraction of sp³-hybridized carbons (Fsp3) is 0.222. The molecular formula is C18H16F3N3O5S. The van der Waals surface area contributed by atoms with Gasteiger partial charge in [-0.3, -0.25) is 4.79 Å². The van der Waals surface area contributed by atoms with Crippen molar-refractivity contribution in [3.8, 4) is 11.1 Å². The molecule has 0 radical (unpaired) electrons. The molecule has 0 bridgehead atoms. The van der Waals surface area contributed by atoms with Crippen molar-refractivity contribution in [1.82, 2.24) is 9.55 Å². The third-order valence-electron chi connectivity index (χ3n) is 4.41. The van der Waals surface area contributed by atoms with Crippen LogP contribution in [0.1, 0.15) is 24.2 Å². The van der Waals surface area contributed by atoms with Crippen molar-refractivity contribution in [2.75, 3.05) is 0 Å². The highest BCUT2D eigenvalue weighted by Crippen LogP contribution is 2.39. The molecule has 3 aromatic rings. The van der Waals surface area contributed by atoms with Crippen molar-refractivity contribution < 1.29 is 26.7 Å². The monoisotopic (exact) mass is 443 g/mol. The molecule has 0 aliphatic carbocycles. The third-order valence-corrected chi connectivity index (χ3v) is 5.03. The van der Waals surface area contributed by atoms with Crippen molar-refractivity contribution in [1.29, 1.82) is 0 Å². The molecule has 1 atom stereocenters. The van der Waals surface area contributed by atoms with Crippen LogP contribution in [0.3, 0.4) is 0 Å². The van der Waals surface area contributed by atoms with Crippen LogP contribution in [0.25, 0.3) is 22.0 Å². The molecule has 0 aliphatic rings. The number of nitrogens with two attached hydrogens (primary N) is 1. The number of fused-ring (bicyclic) bond motifs is 1. The number of nitrogens with zero attached hydrogens (tertiary/aromatic N) is 1. The molecular weight excluding hydrogens is 427 g/mol. The van der Waals surface area contributed by atoms with Crippen LogP contribution in [-0.4, -0.2) is 23.1 Å². The molecule has 12 heteroatoms. The maximum absolute atomic E-state index is 13.7. The van der Waals surface area contributed by atoms with E-state index in [9.17, 15) is 36.3 Å². The standard InChI is InChI=1S/C18H16F3N3O5S/c1-9(25)10-3-2-4-11(5-10)12-6-13-15(7-14(12)18(19,20)21)23-17(27)24(16(13)26)8-30(22,28)29/h2-7,9,25H,8H2,1H3,(H,23,27)(H2,22,28,29). The van der Waals surface area contributed by atoms with Crippen LogP contribution in [0.2, 0.25) is 0 Å². The minimum Gasteiger partial charge on any atom is -0.389 e. The van der Waals surface area contributed by atoms with Crippen LogP contribution in [0.5, 0.6) is 0 Å². The van der Waals surface area contributed by atoms with Gasteiger partial charge < -0.3 is 10.1 Å². The predicted octanol–water partition coefficient (Wildman–Crippen LogP) is 1.67. The van der Waals surface area contributed by atoms with Gasteiger partial charge in [0.25, 0.3) is 5.56 Å². The molecule has 0 amide bonds. The van der Waals surface area contributed by atoms with Crippen molar-refractivity contribution in [3.63, 3.8) is 0 Å². The summed E-state index contributed by atoms with van der Waals surface area (Å²) in [5.74, 6) is -1.13. The summed E-state index contributed by atoms with van der Waals surface area (Å²) in [6, 6.07) is 7.24. The quantitative estimate of drug-likeness (QED) is 0.564. The van der Waals surface area contributed by atoms with Crippen LogP contribution in [0.15, 0.2) is 46.0 Å². The smallest absolute Gasteiger partial charge is 0.389 e. The zero-order valence-corrected chi connectivity index (χ0v) is 16.2. The topological polar surface area (TPSA) is 135 Å². The molecule has 160 valence electrons. The summed E-state index contributed by atoms with van der Waals surface area (Å²) < 4.78 is 64.0. The first-order chi connectivity index (χ1) is 13.8. The highest BCUT2D eigenvalue weighted by molar-refractivity contribution is 7.88. The van der Waals surface area contributed by atoms with E-state index in [-0.39, 0.29) is 16.5 Å². The first kappa shape index (κ1) is 21.7. The normalized spacial score (nSPS) is 13.5. The number of primary sulfonamides is 1. The molecule has 2 aromatic carbocycles. The Balaban J connectivity index is 2.40. The molecule has 1 unspecified atom stereocenters. The van der Waals surface area contributed by atoms with E-state index in [0.29, 0.717) is 16.2 Å². The number of nitrogens with one attached hydrogen (secondary N) is 1. The number of aliphatic hydroxyl groups excluding tert-OH is 1. The highest BCUT2D eigenvalue weighted by atomic mass is 32.2. The van der Waals surface area contributed by atoms with Gasteiger partial charge in [-0.05, 0) is 41.8 Å². The lowest BCUT2D eigenvalue weighted by Gasteiger charge is -2.16. The summed E-state index contributed by atoms with van der Waals surface area (Å²) in [6.07, 6.45) is -5.76. The number of rotatable bonds is 4. The van der Waals surface area contributed by atoms with Gasteiger partial charge in [-0.2, -0.15) is 13.2 Å². The molecule has 30 heavy (non-hydrogen) atoms. The zero-order valence-electron chi connectivity index (χ0n) is 15.4. The number of benzene rings is 2. The van der Waals surface area contributed by atoms with Gasteiger partial charge >= 0.3 is 11.9 Å². The molecule has 0 saturated heterocycles. The van der Waals surface area contributed by atoms with Crippen LogP contribution >= 0.6 is 0 Å². The number of alkyl halides is 3. The predicted molar refractivity (Wildman–Crippen MR) is 103 cm³/mol. The van der Waals surface area contributed by atoms with E-state index < -0.39 is 50.5 Å². The Hall–Kier alpha value is -2.96. The van der Waals surface area contributed by atoms with Gasteiger partial charge in [-0.15, -0.1) is 0 Å². The summed E-state index contributed by atoms with van der Waals surface area (Å²) in [7, 11) is -4.26. The average Bonchev–Trinajstić information content (AvgIpc) is 2.63. The summed E-state index contributed by atoms with van der Waals surface area (Å²) in [6.45, 7) is 1.45. The Morgan fingerprint density at radius 3 is 2.43 bits per heavy atom.